The minimum absolute atomic E-state index is 0.00696. The Hall–Kier alpha value is -2.39. The Bertz CT molecular complexity index is 1300. The summed E-state index contributed by atoms with van der Waals surface area (Å²) in [5.41, 5.74) is 2.24. The fourth-order valence-corrected chi connectivity index (χ4v) is 5.01. The molecule has 1 unspecified atom stereocenters. The number of aliphatic hydroxyl groups excluding tert-OH is 1. The van der Waals surface area contributed by atoms with E-state index >= 15 is 0 Å². The Morgan fingerprint density at radius 2 is 1.84 bits per heavy atom. The van der Waals surface area contributed by atoms with E-state index < -0.39 is 27.7 Å². The summed E-state index contributed by atoms with van der Waals surface area (Å²) in [6.45, 7) is 3.32. The normalized spacial score (nSPS) is 12.6. The molecule has 1 heterocycles. The lowest BCUT2D eigenvalue weighted by atomic mass is 10.2. The third-order valence-electron chi connectivity index (χ3n) is 4.81. The van der Waals surface area contributed by atoms with Crippen molar-refractivity contribution in [3.05, 3.63) is 75.3 Å². The van der Waals surface area contributed by atoms with Crippen molar-refractivity contribution >= 4 is 44.6 Å². The number of sulfone groups is 1. The Kier molecular flexibility index (Phi) is 7.00. The van der Waals surface area contributed by atoms with Crippen LogP contribution in [0, 0.1) is 12.7 Å². The molecule has 1 amide bonds. The van der Waals surface area contributed by atoms with Gasteiger partial charge in [-0.25, -0.2) is 12.8 Å². The van der Waals surface area contributed by atoms with Crippen LogP contribution in [0.1, 0.15) is 28.7 Å². The third-order valence-corrected chi connectivity index (χ3v) is 6.69. The van der Waals surface area contributed by atoms with Gasteiger partial charge in [-0.2, -0.15) is 0 Å². The van der Waals surface area contributed by atoms with Crippen LogP contribution in [0.3, 0.4) is 0 Å². The van der Waals surface area contributed by atoms with Crippen molar-refractivity contribution in [2.24, 2.45) is 0 Å². The number of anilines is 1. The first-order valence-corrected chi connectivity index (χ1v) is 12.2. The molecule has 0 bridgehead atoms. The SMILES string of the molecule is Cc1c(C(=O)Nc2ccc(S(C)(=O)=O)c(Cl)c2)cc(CC(C)O)n1-c1ccc(F)cc1Cl. The van der Waals surface area contributed by atoms with Gasteiger partial charge in [0.25, 0.3) is 5.91 Å². The molecule has 0 aliphatic carbocycles. The molecule has 0 fully saturated rings. The molecule has 6 nitrogen and oxygen atoms in total. The van der Waals surface area contributed by atoms with Gasteiger partial charge in [0.2, 0.25) is 0 Å². The predicted molar refractivity (Wildman–Crippen MR) is 123 cm³/mol. The van der Waals surface area contributed by atoms with Crippen LogP contribution in [-0.4, -0.2) is 36.4 Å². The van der Waals surface area contributed by atoms with Gasteiger partial charge in [0.05, 0.1) is 32.3 Å². The van der Waals surface area contributed by atoms with Crippen LogP contribution < -0.4 is 5.32 Å². The van der Waals surface area contributed by atoms with Crippen molar-refractivity contribution in [1.82, 2.24) is 4.57 Å². The lowest BCUT2D eigenvalue weighted by Gasteiger charge is -2.15. The van der Waals surface area contributed by atoms with Gasteiger partial charge in [-0.3, -0.25) is 4.79 Å². The number of hydrogen-bond donors (Lipinski definition) is 2. The van der Waals surface area contributed by atoms with Crippen molar-refractivity contribution in [1.29, 1.82) is 0 Å². The number of nitrogens with zero attached hydrogens (tertiary/aromatic N) is 1. The number of hydrogen-bond acceptors (Lipinski definition) is 4. The zero-order valence-corrected chi connectivity index (χ0v) is 19.8. The van der Waals surface area contributed by atoms with E-state index in [9.17, 15) is 22.7 Å². The first-order valence-electron chi connectivity index (χ1n) is 9.54. The summed E-state index contributed by atoms with van der Waals surface area (Å²) in [6, 6.07) is 9.69. The standard InChI is InChI=1S/C22H21Cl2FN2O4S/c1-12(28)8-16-11-17(13(2)27(16)20-6-4-14(25)9-18(20)23)22(29)26-15-5-7-21(19(24)10-15)32(3,30)31/h4-7,9-12,28H,8H2,1-3H3,(H,26,29). The highest BCUT2D eigenvalue weighted by Crippen LogP contribution is 2.30. The van der Waals surface area contributed by atoms with E-state index in [2.05, 4.69) is 5.32 Å². The second-order valence-corrected chi connectivity index (χ2v) is 10.3. The van der Waals surface area contributed by atoms with Gasteiger partial charge in [-0.05, 0) is 56.3 Å². The van der Waals surface area contributed by atoms with Crippen LogP contribution in [0.2, 0.25) is 10.0 Å². The minimum Gasteiger partial charge on any atom is -0.393 e. The van der Waals surface area contributed by atoms with Gasteiger partial charge in [0.15, 0.2) is 9.84 Å². The molecule has 0 spiro atoms. The molecule has 170 valence electrons. The molecular weight excluding hydrogens is 478 g/mol. The van der Waals surface area contributed by atoms with Crippen LogP contribution in [0.15, 0.2) is 47.4 Å². The van der Waals surface area contributed by atoms with Crippen molar-refractivity contribution in [3.63, 3.8) is 0 Å². The predicted octanol–water partition coefficient (Wildman–Crippen LogP) is 4.81. The summed E-state index contributed by atoms with van der Waals surface area (Å²) in [6.07, 6.45) is 0.583. The highest BCUT2D eigenvalue weighted by Gasteiger charge is 2.22. The second kappa shape index (κ2) is 9.23. The molecule has 10 heteroatoms. The van der Waals surface area contributed by atoms with Crippen molar-refractivity contribution < 1.29 is 22.7 Å². The van der Waals surface area contributed by atoms with E-state index in [1.165, 1.54) is 36.4 Å². The molecule has 3 aromatic rings. The molecule has 0 radical (unpaired) electrons. The lowest BCUT2D eigenvalue weighted by Crippen LogP contribution is -2.13. The number of benzene rings is 2. The summed E-state index contributed by atoms with van der Waals surface area (Å²) in [5, 5.41) is 12.8. The van der Waals surface area contributed by atoms with Gasteiger partial charge in [-0.15, -0.1) is 0 Å². The van der Waals surface area contributed by atoms with Gasteiger partial charge >= 0.3 is 0 Å². The largest absolute Gasteiger partial charge is 0.393 e. The number of carbonyl (C=O) groups is 1. The molecular formula is C22H21Cl2FN2O4S. The topological polar surface area (TPSA) is 88.4 Å². The van der Waals surface area contributed by atoms with E-state index in [0.29, 0.717) is 28.3 Å². The van der Waals surface area contributed by atoms with E-state index in [-0.39, 0.29) is 21.4 Å². The lowest BCUT2D eigenvalue weighted by molar-refractivity contribution is 0.102. The van der Waals surface area contributed by atoms with Crippen LogP contribution in [-0.2, 0) is 16.3 Å². The monoisotopic (exact) mass is 498 g/mol. The molecule has 1 atom stereocenters. The molecule has 1 aromatic heterocycles. The molecule has 3 rings (SSSR count). The van der Waals surface area contributed by atoms with Crippen LogP contribution in [0.4, 0.5) is 10.1 Å². The Morgan fingerprint density at radius 3 is 2.41 bits per heavy atom. The van der Waals surface area contributed by atoms with E-state index in [1.54, 1.807) is 24.5 Å². The van der Waals surface area contributed by atoms with Gasteiger partial charge in [0.1, 0.15) is 5.82 Å². The summed E-state index contributed by atoms with van der Waals surface area (Å²) in [5.74, 6) is -0.956. The molecule has 0 aliphatic heterocycles. The number of halogens is 3. The highest BCUT2D eigenvalue weighted by molar-refractivity contribution is 7.90. The summed E-state index contributed by atoms with van der Waals surface area (Å²) in [7, 11) is -3.50. The number of nitrogens with one attached hydrogen (secondary N) is 1. The number of amides is 1. The molecule has 32 heavy (non-hydrogen) atoms. The first-order chi connectivity index (χ1) is 14.9. The Morgan fingerprint density at radius 1 is 1.16 bits per heavy atom. The third kappa shape index (κ3) is 5.15. The summed E-state index contributed by atoms with van der Waals surface area (Å²) >= 11 is 12.3. The van der Waals surface area contributed by atoms with E-state index in [4.69, 9.17) is 23.2 Å². The average molecular weight is 499 g/mol. The maximum Gasteiger partial charge on any atom is 0.257 e. The fraction of sp³-hybridized carbons (Fsp3) is 0.227. The Balaban J connectivity index is 2.02. The molecule has 2 aromatic carbocycles. The summed E-state index contributed by atoms with van der Waals surface area (Å²) in [4.78, 5) is 13.0. The van der Waals surface area contributed by atoms with Crippen LogP contribution >= 0.6 is 23.2 Å². The molecule has 0 saturated carbocycles. The number of carbonyl (C=O) groups excluding carboxylic acids is 1. The maximum absolute atomic E-state index is 13.5. The summed E-state index contributed by atoms with van der Waals surface area (Å²) < 4.78 is 38.7. The zero-order chi connectivity index (χ0) is 23.8. The molecule has 0 saturated heterocycles. The fourth-order valence-electron chi connectivity index (χ4n) is 3.43. The van der Waals surface area contributed by atoms with Gasteiger partial charge in [-0.1, -0.05) is 23.2 Å². The van der Waals surface area contributed by atoms with Crippen molar-refractivity contribution in [2.75, 3.05) is 11.6 Å². The van der Waals surface area contributed by atoms with Crippen molar-refractivity contribution in [3.8, 4) is 5.69 Å². The molecule has 2 N–H and O–H groups in total. The minimum atomic E-state index is -3.50. The number of rotatable bonds is 6. The van der Waals surface area contributed by atoms with Gasteiger partial charge in [0, 0.05) is 29.8 Å². The highest BCUT2D eigenvalue weighted by atomic mass is 35.5. The first kappa shape index (κ1) is 24.3. The quantitative estimate of drug-likeness (QED) is 0.510. The number of aromatic nitrogens is 1. The maximum atomic E-state index is 13.5. The zero-order valence-electron chi connectivity index (χ0n) is 17.5. The van der Waals surface area contributed by atoms with E-state index in [0.717, 1.165) is 6.26 Å². The Labute approximate surface area is 195 Å². The second-order valence-electron chi connectivity index (χ2n) is 7.49. The average Bonchev–Trinajstić information content (AvgIpc) is 2.96. The van der Waals surface area contributed by atoms with Crippen LogP contribution in [0.5, 0.6) is 0 Å². The van der Waals surface area contributed by atoms with Crippen LogP contribution in [0.25, 0.3) is 5.69 Å². The van der Waals surface area contributed by atoms with Crippen molar-refractivity contribution in [2.45, 2.75) is 31.3 Å². The van der Waals surface area contributed by atoms with Gasteiger partial charge < -0.3 is 15.0 Å². The smallest absolute Gasteiger partial charge is 0.257 e. The molecule has 0 aliphatic rings. The van der Waals surface area contributed by atoms with E-state index in [1.807, 2.05) is 0 Å². The number of aliphatic hydroxyl groups is 1.